The Labute approximate surface area is 202 Å². The summed E-state index contributed by atoms with van der Waals surface area (Å²) in [6.07, 6.45) is -1.31. The van der Waals surface area contributed by atoms with Crippen LogP contribution in [0.4, 0.5) is 4.39 Å². The Morgan fingerprint density at radius 1 is 1.03 bits per heavy atom. The van der Waals surface area contributed by atoms with E-state index in [2.05, 4.69) is 0 Å². The number of halogens is 1. The second-order valence-corrected chi connectivity index (χ2v) is 11.3. The lowest BCUT2D eigenvalue weighted by Gasteiger charge is -2.43. The Hall–Kier alpha value is -2.48. The quantitative estimate of drug-likeness (QED) is 0.454. The maximum absolute atomic E-state index is 14.1. The van der Waals surface area contributed by atoms with Gasteiger partial charge < -0.3 is 19.8 Å². The third-order valence-electron chi connectivity index (χ3n) is 6.05. The monoisotopic (exact) mass is 481 g/mol. The smallest absolute Gasteiger partial charge is 0.312 e. The van der Waals surface area contributed by atoms with Gasteiger partial charge in [0.1, 0.15) is 18.5 Å². The van der Waals surface area contributed by atoms with Gasteiger partial charge in [0, 0.05) is 18.5 Å². The number of carboxylic acid groups (broad SMARTS) is 1. The van der Waals surface area contributed by atoms with E-state index in [0.717, 1.165) is 0 Å². The van der Waals surface area contributed by atoms with E-state index in [0.29, 0.717) is 6.42 Å². The number of aliphatic carboxylic acids is 1. The molecule has 2 N–H and O–H groups in total. The molecule has 0 saturated heterocycles. The van der Waals surface area contributed by atoms with Crippen molar-refractivity contribution in [3.8, 4) is 0 Å². The molecule has 0 aromatic heterocycles. The molecule has 0 bridgehead atoms. The zero-order chi connectivity index (χ0) is 26.3. The lowest BCUT2D eigenvalue weighted by molar-refractivity contribution is -0.168. The molecule has 34 heavy (non-hydrogen) atoms. The normalized spacial score (nSPS) is 14.7. The minimum absolute atomic E-state index is 0.132. The van der Waals surface area contributed by atoms with Gasteiger partial charge in [0.25, 0.3) is 0 Å². The molecule has 0 aliphatic carbocycles. The number of aliphatic hydroxyl groups is 1. The number of rotatable bonds is 11. The fourth-order valence-electron chi connectivity index (χ4n) is 3.80. The SMILES string of the molecule is CC(C)(C)CC(C)(C(=O)OCC(O)CN(Cc1ccccc1F)C(=O)CCC(=O)O)C(C)(C)C. The molecule has 0 heterocycles. The van der Waals surface area contributed by atoms with Gasteiger partial charge in [-0.2, -0.15) is 0 Å². The van der Waals surface area contributed by atoms with Gasteiger partial charge in [0.2, 0.25) is 5.91 Å². The van der Waals surface area contributed by atoms with Gasteiger partial charge in [-0.15, -0.1) is 0 Å². The highest BCUT2D eigenvalue weighted by Gasteiger charge is 2.47. The Balaban J connectivity index is 2.93. The summed E-state index contributed by atoms with van der Waals surface area (Å²) in [6, 6.07) is 5.92. The number of hydrogen-bond acceptors (Lipinski definition) is 5. The first-order chi connectivity index (χ1) is 15.5. The van der Waals surface area contributed by atoms with E-state index in [1.165, 1.54) is 23.1 Å². The topological polar surface area (TPSA) is 104 Å². The molecule has 1 aromatic carbocycles. The molecule has 0 saturated carbocycles. The zero-order valence-corrected chi connectivity index (χ0v) is 21.5. The van der Waals surface area contributed by atoms with Crippen molar-refractivity contribution in [2.75, 3.05) is 13.2 Å². The van der Waals surface area contributed by atoms with Crippen LogP contribution in [-0.4, -0.2) is 52.2 Å². The van der Waals surface area contributed by atoms with Crippen molar-refractivity contribution in [2.24, 2.45) is 16.2 Å². The van der Waals surface area contributed by atoms with Crippen molar-refractivity contribution in [1.82, 2.24) is 4.90 Å². The molecule has 0 radical (unpaired) electrons. The number of nitrogens with zero attached hydrogens (tertiary/aromatic N) is 1. The van der Waals surface area contributed by atoms with Crippen LogP contribution in [0.3, 0.4) is 0 Å². The van der Waals surface area contributed by atoms with Gasteiger partial charge in [-0.1, -0.05) is 59.7 Å². The van der Waals surface area contributed by atoms with E-state index in [9.17, 15) is 23.9 Å². The number of esters is 1. The first kappa shape index (κ1) is 29.6. The number of carbonyl (C=O) groups excluding carboxylic acids is 2. The van der Waals surface area contributed by atoms with Gasteiger partial charge in [0.05, 0.1) is 18.4 Å². The molecule has 8 heteroatoms. The van der Waals surface area contributed by atoms with E-state index in [1.54, 1.807) is 6.07 Å². The van der Waals surface area contributed by atoms with Crippen molar-refractivity contribution in [3.05, 3.63) is 35.6 Å². The molecule has 1 aromatic rings. The lowest BCUT2D eigenvalue weighted by atomic mass is 9.61. The van der Waals surface area contributed by atoms with Crippen molar-refractivity contribution in [3.63, 3.8) is 0 Å². The van der Waals surface area contributed by atoms with E-state index < -0.39 is 40.6 Å². The lowest BCUT2D eigenvalue weighted by Crippen LogP contribution is -2.46. The molecule has 192 valence electrons. The third-order valence-corrected chi connectivity index (χ3v) is 6.05. The Morgan fingerprint density at radius 3 is 2.12 bits per heavy atom. The van der Waals surface area contributed by atoms with Gasteiger partial charge in [0.15, 0.2) is 0 Å². The average Bonchev–Trinajstić information content (AvgIpc) is 2.69. The third kappa shape index (κ3) is 9.05. The Morgan fingerprint density at radius 2 is 1.62 bits per heavy atom. The number of amides is 1. The minimum atomic E-state index is -1.22. The van der Waals surface area contributed by atoms with Crippen LogP contribution in [0, 0.1) is 22.1 Å². The van der Waals surface area contributed by atoms with Gasteiger partial charge in [-0.05, 0) is 30.2 Å². The molecular formula is C26H40FNO6. The molecule has 0 spiro atoms. The molecule has 0 aliphatic heterocycles. The summed E-state index contributed by atoms with van der Waals surface area (Å²) in [4.78, 5) is 37.8. The summed E-state index contributed by atoms with van der Waals surface area (Å²) in [5.74, 6) is -2.62. The molecule has 7 nitrogen and oxygen atoms in total. The molecule has 1 rings (SSSR count). The van der Waals surface area contributed by atoms with Crippen molar-refractivity contribution in [2.45, 2.75) is 80.4 Å². The van der Waals surface area contributed by atoms with E-state index in [4.69, 9.17) is 9.84 Å². The number of ether oxygens (including phenoxy) is 1. The first-order valence-electron chi connectivity index (χ1n) is 11.5. The van der Waals surface area contributed by atoms with Crippen molar-refractivity contribution in [1.29, 1.82) is 0 Å². The average molecular weight is 482 g/mol. The standard InChI is InChI=1S/C26H40FNO6/c1-24(2,3)17-26(7,25(4,5)6)23(33)34-16-19(29)15-28(21(30)12-13-22(31)32)14-18-10-8-9-11-20(18)27/h8-11,19,29H,12-17H2,1-7H3,(H,31,32). The highest BCUT2D eigenvalue weighted by Crippen LogP contribution is 2.47. The Kier molecular flexibility index (Phi) is 10.2. The van der Waals surface area contributed by atoms with Crippen LogP contribution in [0.1, 0.15) is 73.3 Å². The van der Waals surface area contributed by atoms with Gasteiger partial charge >= 0.3 is 11.9 Å². The molecule has 1 amide bonds. The Bertz CT molecular complexity index is 858. The second-order valence-electron chi connectivity index (χ2n) is 11.3. The largest absolute Gasteiger partial charge is 0.481 e. The molecule has 0 fully saturated rings. The van der Waals surface area contributed by atoms with Gasteiger partial charge in [-0.25, -0.2) is 4.39 Å². The van der Waals surface area contributed by atoms with Crippen LogP contribution >= 0.6 is 0 Å². The fraction of sp³-hybridized carbons (Fsp3) is 0.654. The zero-order valence-electron chi connectivity index (χ0n) is 21.5. The summed E-state index contributed by atoms with van der Waals surface area (Å²) in [5, 5.41) is 19.5. The number of benzene rings is 1. The van der Waals surface area contributed by atoms with Gasteiger partial charge in [-0.3, -0.25) is 14.4 Å². The number of hydrogen-bond donors (Lipinski definition) is 2. The van der Waals surface area contributed by atoms with Crippen molar-refractivity contribution >= 4 is 17.8 Å². The molecular weight excluding hydrogens is 441 g/mol. The van der Waals surface area contributed by atoms with Crippen LogP contribution in [0.5, 0.6) is 0 Å². The predicted octanol–water partition coefficient (Wildman–Crippen LogP) is 4.41. The molecule has 0 aliphatic rings. The van der Waals surface area contributed by atoms with Crippen molar-refractivity contribution < 1.29 is 33.7 Å². The maximum Gasteiger partial charge on any atom is 0.312 e. The summed E-state index contributed by atoms with van der Waals surface area (Å²) in [6.45, 7) is 13.2. The fourth-order valence-corrected chi connectivity index (χ4v) is 3.80. The molecule has 2 atom stereocenters. The summed E-state index contributed by atoms with van der Waals surface area (Å²) >= 11 is 0. The summed E-state index contributed by atoms with van der Waals surface area (Å²) in [5.41, 5.74) is -1.10. The number of carboxylic acids is 1. The summed E-state index contributed by atoms with van der Waals surface area (Å²) in [7, 11) is 0. The maximum atomic E-state index is 14.1. The first-order valence-corrected chi connectivity index (χ1v) is 11.5. The molecule has 2 unspecified atom stereocenters. The predicted molar refractivity (Wildman–Crippen MR) is 127 cm³/mol. The second kappa shape index (κ2) is 11.8. The van der Waals surface area contributed by atoms with E-state index in [-0.39, 0.29) is 43.5 Å². The van der Waals surface area contributed by atoms with E-state index >= 15 is 0 Å². The van der Waals surface area contributed by atoms with E-state index in [1.807, 2.05) is 48.5 Å². The van der Waals surface area contributed by atoms with Crippen LogP contribution in [0.15, 0.2) is 24.3 Å². The summed E-state index contributed by atoms with van der Waals surface area (Å²) < 4.78 is 19.6. The highest BCUT2D eigenvalue weighted by molar-refractivity contribution is 5.81. The number of carbonyl (C=O) groups is 3. The highest BCUT2D eigenvalue weighted by atomic mass is 19.1. The van der Waals surface area contributed by atoms with Crippen LogP contribution in [-0.2, 0) is 25.7 Å². The van der Waals surface area contributed by atoms with Crippen LogP contribution in [0.25, 0.3) is 0 Å². The van der Waals surface area contributed by atoms with Crippen LogP contribution < -0.4 is 0 Å². The van der Waals surface area contributed by atoms with Crippen LogP contribution in [0.2, 0.25) is 0 Å². The number of aliphatic hydroxyl groups excluding tert-OH is 1. The minimum Gasteiger partial charge on any atom is -0.481 e.